The molecule has 1 aromatic heterocycles. The summed E-state index contributed by atoms with van der Waals surface area (Å²) in [6, 6.07) is 8.57. The van der Waals surface area contributed by atoms with Crippen molar-refractivity contribution in [2.24, 2.45) is 0 Å². The van der Waals surface area contributed by atoms with Gasteiger partial charge in [0.05, 0.1) is 6.04 Å². The van der Waals surface area contributed by atoms with E-state index in [1.54, 1.807) is 0 Å². The van der Waals surface area contributed by atoms with Gasteiger partial charge in [-0.2, -0.15) is 16.7 Å². The predicted octanol–water partition coefficient (Wildman–Crippen LogP) is 3.24. The molecule has 1 aliphatic heterocycles. The fraction of sp³-hybridized carbons (Fsp3) is 0.467. The van der Waals surface area contributed by atoms with E-state index in [-0.39, 0.29) is 6.04 Å². The first kappa shape index (κ1) is 13.6. The molecule has 0 saturated carbocycles. The summed E-state index contributed by atoms with van der Waals surface area (Å²) in [4.78, 5) is 4.53. The Hall–Kier alpha value is -1.33. The van der Waals surface area contributed by atoms with Crippen molar-refractivity contribution in [3.05, 3.63) is 35.7 Å². The van der Waals surface area contributed by atoms with Gasteiger partial charge in [0.15, 0.2) is 0 Å². The van der Waals surface area contributed by atoms with E-state index in [9.17, 15) is 0 Å². The van der Waals surface area contributed by atoms with E-state index in [4.69, 9.17) is 4.52 Å². The zero-order valence-corrected chi connectivity index (χ0v) is 12.6. The minimum Gasteiger partial charge on any atom is -0.337 e. The number of nitrogens with zero attached hydrogens (tertiary/aromatic N) is 2. The van der Waals surface area contributed by atoms with E-state index in [0.29, 0.717) is 17.6 Å². The molecule has 0 amide bonds. The number of aromatic nitrogens is 2. The van der Waals surface area contributed by atoms with Crippen LogP contribution >= 0.6 is 11.8 Å². The predicted molar refractivity (Wildman–Crippen MR) is 81.9 cm³/mol. The quantitative estimate of drug-likeness (QED) is 0.940. The van der Waals surface area contributed by atoms with E-state index >= 15 is 0 Å². The molecule has 0 radical (unpaired) electrons. The molecule has 1 N–H and O–H groups in total. The summed E-state index contributed by atoms with van der Waals surface area (Å²) in [6.45, 7) is 5.37. The van der Waals surface area contributed by atoms with Gasteiger partial charge in [-0.3, -0.25) is 0 Å². The summed E-state index contributed by atoms with van der Waals surface area (Å²) in [7, 11) is 0. The van der Waals surface area contributed by atoms with Crippen LogP contribution in [0.15, 0.2) is 28.8 Å². The molecule has 1 unspecified atom stereocenters. The molecule has 1 aliphatic rings. The van der Waals surface area contributed by atoms with Crippen LogP contribution < -0.4 is 5.32 Å². The molecule has 0 bridgehead atoms. The number of nitrogens with one attached hydrogen (secondary N) is 1. The highest BCUT2D eigenvalue weighted by molar-refractivity contribution is 7.99. The molecule has 4 nitrogen and oxygen atoms in total. The van der Waals surface area contributed by atoms with Gasteiger partial charge in [-0.25, -0.2) is 0 Å². The van der Waals surface area contributed by atoms with E-state index in [2.05, 4.69) is 53.6 Å². The third kappa shape index (κ3) is 2.88. The van der Waals surface area contributed by atoms with Crippen LogP contribution in [0.3, 0.4) is 0 Å². The Morgan fingerprint density at radius 1 is 1.30 bits per heavy atom. The molecule has 1 saturated heterocycles. The van der Waals surface area contributed by atoms with Gasteiger partial charge >= 0.3 is 0 Å². The SMILES string of the molecule is CC(C)c1ccc(-c2noc(C3CSCCN3)n2)cc1. The van der Waals surface area contributed by atoms with Crippen molar-refractivity contribution in [3.8, 4) is 11.4 Å². The van der Waals surface area contributed by atoms with Gasteiger partial charge in [0.25, 0.3) is 0 Å². The topological polar surface area (TPSA) is 51.0 Å². The zero-order valence-electron chi connectivity index (χ0n) is 11.8. The maximum absolute atomic E-state index is 5.40. The Balaban J connectivity index is 1.78. The monoisotopic (exact) mass is 289 g/mol. The van der Waals surface area contributed by atoms with Crippen LogP contribution in [0.2, 0.25) is 0 Å². The van der Waals surface area contributed by atoms with Gasteiger partial charge < -0.3 is 9.84 Å². The molecule has 5 heteroatoms. The average molecular weight is 289 g/mol. The van der Waals surface area contributed by atoms with Crippen LogP contribution in [0.5, 0.6) is 0 Å². The second kappa shape index (κ2) is 5.97. The fourth-order valence-corrected chi connectivity index (χ4v) is 3.16. The van der Waals surface area contributed by atoms with Gasteiger partial charge in [-0.15, -0.1) is 0 Å². The van der Waals surface area contributed by atoms with Crippen molar-refractivity contribution in [1.29, 1.82) is 0 Å². The first-order valence-electron chi connectivity index (χ1n) is 6.99. The number of hydrogen-bond donors (Lipinski definition) is 1. The van der Waals surface area contributed by atoms with Crippen LogP contribution in [-0.2, 0) is 0 Å². The van der Waals surface area contributed by atoms with Crippen molar-refractivity contribution in [3.63, 3.8) is 0 Å². The van der Waals surface area contributed by atoms with E-state index < -0.39 is 0 Å². The lowest BCUT2D eigenvalue weighted by Gasteiger charge is -2.19. The number of benzene rings is 1. The molecular formula is C15H19N3OS. The minimum absolute atomic E-state index is 0.185. The highest BCUT2D eigenvalue weighted by atomic mass is 32.2. The van der Waals surface area contributed by atoms with Crippen molar-refractivity contribution in [1.82, 2.24) is 15.5 Å². The van der Waals surface area contributed by atoms with E-state index in [1.807, 2.05) is 11.8 Å². The molecule has 0 spiro atoms. The molecule has 2 aromatic rings. The van der Waals surface area contributed by atoms with Gasteiger partial charge in [0.2, 0.25) is 11.7 Å². The van der Waals surface area contributed by atoms with Gasteiger partial charge in [-0.1, -0.05) is 43.3 Å². The number of rotatable bonds is 3. The van der Waals surface area contributed by atoms with E-state index in [1.165, 1.54) is 5.56 Å². The smallest absolute Gasteiger partial charge is 0.244 e. The second-order valence-electron chi connectivity index (χ2n) is 5.31. The van der Waals surface area contributed by atoms with Crippen LogP contribution in [0, 0.1) is 0 Å². The lowest BCUT2D eigenvalue weighted by molar-refractivity contribution is 0.342. The molecule has 1 aromatic carbocycles. The summed E-state index contributed by atoms with van der Waals surface area (Å²) < 4.78 is 5.40. The first-order valence-corrected chi connectivity index (χ1v) is 8.14. The summed E-state index contributed by atoms with van der Waals surface area (Å²) >= 11 is 1.92. The van der Waals surface area contributed by atoms with Gasteiger partial charge in [0.1, 0.15) is 0 Å². The van der Waals surface area contributed by atoms with Crippen LogP contribution in [0.4, 0.5) is 0 Å². The average Bonchev–Trinajstić information content (AvgIpc) is 2.98. The third-order valence-corrected chi connectivity index (χ3v) is 4.56. The molecule has 3 rings (SSSR count). The summed E-state index contributed by atoms with van der Waals surface area (Å²) in [6.07, 6.45) is 0. The lowest BCUT2D eigenvalue weighted by Crippen LogP contribution is -2.30. The van der Waals surface area contributed by atoms with Gasteiger partial charge in [-0.05, 0) is 11.5 Å². The lowest BCUT2D eigenvalue weighted by atomic mass is 10.0. The Bertz CT molecular complexity index is 559. The Morgan fingerprint density at radius 2 is 2.10 bits per heavy atom. The second-order valence-corrected chi connectivity index (χ2v) is 6.46. The van der Waals surface area contributed by atoms with Crippen LogP contribution in [-0.4, -0.2) is 28.2 Å². The normalized spacial score (nSPS) is 19.4. The van der Waals surface area contributed by atoms with Crippen molar-refractivity contribution < 1.29 is 4.52 Å². The third-order valence-electron chi connectivity index (χ3n) is 3.50. The molecule has 1 atom stereocenters. The molecule has 1 fully saturated rings. The van der Waals surface area contributed by atoms with E-state index in [0.717, 1.165) is 23.6 Å². The number of thioether (sulfide) groups is 1. The Morgan fingerprint density at radius 3 is 2.75 bits per heavy atom. The molecule has 20 heavy (non-hydrogen) atoms. The highest BCUT2D eigenvalue weighted by Gasteiger charge is 2.21. The molecule has 0 aliphatic carbocycles. The van der Waals surface area contributed by atoms with Crippen molar-refractivity contribution in [2.75, 3.05) is 18.1 Å². The maximum atomic E-state index is 5.40. The standard InChI is InChI=1S/C15H19N3OS/c1-10(2)11-3-5-12(6-4-11)14-17-15(19-18-14)13-9-20-8-7-16-13/h3-6,10,13,16H,7-9H2,1-2H3. The highest BCUT2D eigenvalue weighted by Crippen LogP contribution is 2.24. The van der Waals surface area contributed by atoms with Crippen LogP contribution in [0.1, 0.15) is 37.3 Å². The largest absolute Gasteiger partial charge is 0.337 e. The summed E-state index contributed by atoms with van der Waals surface area (Å²) in [5.41, 5.74) is 2.33. The Labute approximate surface area is 123 Å². The Kier molecular flexibility index (Phi) is 4.08. The van der Waals surface area contributed by atoms with Gasteiger partial charge in [0, 0.05) is 23.6 Å². The van der Waals surface area contributed by atoms with Crippen LogP contribution in [0.25, 0.3) is 11.4 Å². The zero-order chi connectivity index (χ0) is 13.9. The van der Waals surface area contributed by atoms with Crippen molar-refractivity contribution >= 4 is 11.8 Å². The minimum atomic E-state index is 0.185. The molecule has 106 valence electrons. The molecule has 2 heterocycles. The number of hydrogen-bond acceptors (Lipinski definition) is 5. The maximum Gasteiger partial charge on any atom is 0.244 e. The summed E-state index contributed by atoms with van der Waals surface area (Å²) in [5, 5.41) is 7.51. The first-order chi connectivity index (χ1) is 9.74. The van der Waals surface area contributed by atoms with Crippen molar-refractivity contribution in [2.45, 2.75) is 25.8 Å². The molecular weight excluding hydrogens is 270 g/mol. The summed E-state index contributed by atoms with van der Waals surface area (Å²) in [5.74, 6) is 4.04. The fourth-order valence-electron chi connectivity index (χ4n) is 2.24.